The highest BCUT2D eigenvalue weighted by atomic mass is 15.1. The molecule has 10 aromatic carbocycles. The Kier molecular flexibility index (Phi) is 3.78. The molecule has 10 aromatic rings. The molecule has 0 heterocycles. The maximum atomic E-state index is 10.7. The van der Waals surface area contributed by atoms with Crippen LogP contribution < -0.4 is 4.90 Å². The van der Waals surface area contributed by atoms with E-state index in [1.165, 1.54) is 12.1 Å². The van der Waals surface area contributed by atoms with Gasteiger partial charge in [-0.1, -0.05) is 207 Å². The molecular formula is C62H45N. The Morgan fingerprint density at radius 1 is 0.413 bits per heavy atom. The van der Waals surface area contributed by atoms with Crippen LogP contribution in [0.1, 0.15) is 92.3 Å². The molecule has 0 radical (unpaired) electrons. The summed E-state index contributed by atoms with van der Waals surface area (Å²) in [5.74, 6) is 0. The van der Waals surface area contributed by atoms with Gasteiger partial charge in [-0.15, -0.1) is 0 Å². The van der Waals surface area contributed by atoms with E-state index in [0.29, 0.717) is 0 Å². The summed E-state index contributed by atoms with van der Waals surface area (Å²) in [5, 5.41) is -0.774. The second kappa shape index (κ2) is 14.4. The highest BCUT2D eigenvalue weighted by molar-refractivity contribution is 6.05. The number of fused-ring (bicyclic) bond motifs is 7. The average molecular weight is 837 g/mol. The van der Waals surface area contributed by atoms with Gasteiger partial charge < -0.3 is 4.90 Å². The summed E-state index contributed by atoms with van der Waals surface area (Å²) in [6.07, 6.45) is 0. The molecule has 2 aliphatic carbocycles. The minimum atomic E-state index is -3.71. The van der Waals surface area contributed by atoms with Crippen molar-refractivity contribution in [2.24, 2.45) is 0 Å². The first-order chi connectivity index (χ1) is 44.7. The summed E-state index contributed by atoms with van der Waals surface area (Å²) in [5.41, 5.74) is -13.5. The Bertz CT molecular complexity index is 5160. The molecule has 12 rings (SSSR count). The molecule has 0 fully saturated rings. The third-order valence-corrected chi connectivity index (χ3v) is 11.5. The van der Waals surface area contributed by atoms with E-state index in [9.17, 15) is 16.4 Å². The molecule has 0 spiro atoms. The molecule has 0 saturated carbocycles. The lowest BCUT2D eigenvalue weighted by Crippen LogP contribution is -2.28. The average Bonchev–Trinajstić information content (AvgIpc) is 1.49. The predicted octanol–water partition coefficient (Wildman–Crippen LogP) is 16.3. The van der Waals surface area contributed by atoms with Crippen LogP contribution in [0.4, 0.5) is 17.1 Å². The zero-order valence-corrected chi connectivity index (χ0v) is 32.4. The molecular weight excluding hydrogens is 759 g/mol. The zero-order chi connectivity index (χ0) is 70.6. The lowest BCUT2D eigenvalue weighted by molar-refractivity contribution is 0.660. The van der Waals surface area contributed by atoms with Crippen LogP contribution in [0, 0.1) is 0 Å². The number of anilines is 3. The number of rotatable bonds is 7. The number of nitrogens with zero attached hydrogens (tertiary/aromatic N) is 1. The molecule has 0 amide bonds. The topological polar surface area (TPSA) is 3.24 Å². The zero-order valence-electron chi connectivity index (χ0n) is 65.4. The molecule has 298 valence electrons. The van der Waals surface area contributed by atoms with Gasteiger partial charge in [0.15, 0.2) is 0 Å². The van der Waals surface area contributed by atoms with Crippen LogP contribution in [0.2, 0.25) is 0 Å². The maximum Gasteiger partial charge on any atom is 0.0713 e. The first-order valence-corrected chi connectivity index (χ1v) is 19.4. The summed E-state index contributed by atoms with van der Waals surface area (Å²) in [6.45, 7) is -7.41. The van der Waals surface area contributed by atoms with Gasteiger partial charge in [0, 0.05) is 30.7 Å². The van der Waals surface area contributed by atoms with E-state index in [1.54, 1.807) is 0 Å². The van der Waals surface area contributed by atoms with Crippen molar-refractivity contribution < 1.29 is 45.2 Å². The molecule has 0 aromatic heterocycles. The largest absolute Gasteiger partial charge is 0.310 e. The van der Waals surface area contributed by atoms with Crippen molar-refractivity contribution in [1.82, 2.24) is 0 Å². The molecule has 1 atom stereocenters. The van der Waals surface area contributed by atoms with E-state index in [0.717, 1.165) is 65.6 Å². The first kappa shape index (κ1) is 16.5. The molecule has 1 nitrogen and oxygen atoms in total. The summed E-state index contributed by atoms with van der Waals surface area (Å²) in [7, 11) is 0. The second-order valence-electron chi connectivity index (χ2n) is 14.7. The summed E-state index contributed by atoms with van der Waals surface area (Å²) in [6, 6.07) is -7.85. The second-order valence-corrected chi connectivity index (χ2v) is 14.7. The van der Waals surface area contributed by atoms with Gasteiger partial charge in [-0.2, -0.15) is 0 Å². The molecule has 0 N–H and O–H groups in total. The molecule has 0 saturated heterocycles. The van der Waals surface area contributed by atoms with Crippen LogP contribution in [0.5, 0.6) is 0 Å². The van der Waals surface area contributed by atoms with Gasteiger partial charge in [0.2, 0.25) is 0 Å². The Labute approximate surface area is 416 Å². The lowest BCUT2D eigenvalue weighted by Gasteiger charge is -2.34. The molecule has 1 unspecified atom stereocenters. The third kappa shape index (κ3) is 5.63. The van der Waals surface area contributed by atoms with E-state index in [4.69, 9.17) is 28.8 Å². The highest BCUT2D eigenvalue weighted by Gasteiger charge is 2.46. The Balaban J connectivity index is 1.22. The minimum Gasteiger partial charge on any atom is -0.310 e. The van der Waals surface area contributed by atoms with E-state index < -0.39 is 243 Å². The Morgan fingerprint density at radius 2 is 1.16 bits per heavy atom. The van der Waals surface area contributed by atoms with Gasteiger partial charge in [0.1, 0.15) is 0 Å². The molecule has 63 heavy (non-hydrogen) atoms. The highest BCUT2D eigenvalue weighted by Crippen LogP contribution is 2.57. The molecule has 0 bridgehead atoms. The fraction of sp³-hybridized carbons (Fsp3) is 0.0645. The Hall–Kier alpha value is -7.74. The van der Waals surface area contributed by atoms with Crippen LogP contribution in [0.15, 0.2) is 236 Å². The van der Waals surface area contributed by atoms with Crippen LogP contribution >= 0.6 is 0 Å². The van der Waals surface area contributed by atoms with Gasteiger partial charge in [0.05, 0.1) is 42.4 Å². The summed E-state index contributed by atoms with van der Waals surface area (Å²) < 4.78 is 301. The van der Waals surface area contributed by atoms with Crippen LogP contribution in [-0.2, 0) is 10.8 Å². The van der Waals surface area contributed by atoms with Gasteiger partial charge >= 0.3 is 0 Å². The van der Waals surface area contributed by atoms with Crippen molar-refractivity contribution in [3.8, 4) is 44.5 Å². The van der Waals surface area contributed by atoms with Crippen molar-refractivity contribution in [3.63, 3.8) is 0 Å². The van der Waals surface area contributed by atoms with E-state index >= 15 is 0 Å². The Morgan fingerprint density at radius 3 is 2.06 bits per heavy atom. The fourth-order valence-electron chi connectivity index (χ4n) is 8.78. The summed E-state index contributed by atoms with van der Waals surface area (Å²) >= 11 is 0. The smallest absolute Gasteiger partial charge is 0.0713 e. The van der Waals surface area contributed by atoms with Gasteiger partial charge in [-0.05, 0) is 131 Å². The number of benzene rings is 10. The van der Waals surface area contributed by atoms with Crippen molar-refractivity contribution >= 4 is 27.8 Å². The van der Waals surface area contributed by atoms with Gasteiger partial charge in [0.25, 0.3) is 0 Å². The molecule has 2 aliphatic rings. The van der Waals surface area contributed by atoms with Crippen LogP contribution in [-0.4, -0.2) is 0 Å². The van der Waals surface area contributed by atoms with Gasteiger partial charge in [-0.25, -0.2) is 0 Å². The normalized spacial score (nSPS) is 23.1. The van der Waals surface area contributed by atoms with Crippen molar-refractivity contribution in [3.05, 3.63) is 269 Å². The quantitative estimate of drug-likeness (QED) is 0.155. The number of para-hydroxylation sites is 1. The van der Waals surface area contributed by atoms with E-state index in [2.05, 4.69) is 0 Å². The van der Waals surface area contributed by atoms with Crippen molar-refractivity contribution in [2.45, 2.75) is 24.5 Å². The first-order valence-electron chi connectivity index (χ1n) is 35.9. The lowest BCUT2D eigenvalue weighted by atomic mass is 9.67. The van der Waals surface area contributed by atoms with E-state index in [-0.39, 0.29) is 50.4 Å². The SMILES string of the molecule is [2H]c1ccc(C2(c3cc([2H])c([2H])c([2H])c3[2H])c3cc([2H])c([2H])c([2H])c3-c3c([2H])cc(-c4c(-c5ccc(N(c6cc7c(c([2H])c6[2H])-c6cc([2H])c([2H])c([2H])c6C7(C([2H])([2H])[2H])C([2H])([2H])[2H])c6c([2H])c([2H])c([2H])c([2H])c6[2H])cc5[2H])c([2H])cc5c([2H])c([2H])c([2H])c([2H])c45)c([2H])c32)cc1[2H]. The monoisotopic (exact) mass is 837 g/mol. The predicted molar refractivity (Wildman–Crippen MR) is 264 cm³/mol. The number of hydrogen-bond acceptors (Lipinski definition) is 1. The van der Waals surface area contributed by atoms with Gasteiger partial charge in [-0.3, -0.25) is 0 Å². The summed E-state index contributed by atoms with van der Waals surface area (Å²) in [4.78, 5) is 0.771. The number of hydrogen-bond donors (Lipinski definition) is 0. The maximum absolute atomic E-state index is 10.7. The minimum absolute atomic E-state index is 0.0991. The van der Waals surface area contributed by atoms with E-state index in [1.807, 2.05) is 0 Å². The van der Waals surface area contributed by atoms with Crippen LogP contribution in [0.3, 0.4) is 0 Å². The van der Waals surface area contributed by atoms with Crippen molar-refractivity contribution in [2.75, 3.05) is 4.90 Å². The molecule has 0 aliphatic heterocycles. The van der Waals surface area contributed by atoms with Crippen LogP contribution in [0.25, 0.3) is 55.3 Å². The molecule has 1 heteroatoms. The fourth-order valence-corrected chi connectivity index (χ4v) is 8.78. The van der Waals surface area contributed by atoms with Crippen molar-refractivity contribution in [1.29, 1.82) is 0 Å². The standard InChI is InChI=1S/C62H45N/c1-61(2)56-28-16-14-26-52(56)54-39-36-49(41-58(54)61)63(47-23-10-5-11-24-47)48-34-30-43(31-35-48)51-37-32-42-18-12-13-25-50(42)60(51)44-33-38-55-53-27-15-17-29-57(53)62(59(55)40-44,45-19-6-3-7-20-45)46-21-8-4-9-22-46/h3-41H,1-2H3/i1D3,2D3,3D,4D,5D,6D,7D,8D,10D,11D,12D,13D,14D,15D,16D,17D,18D,19D,23D,24D,25D,27D,28D,30D,36D,37D,38D,39D,40D. The third-order valence-electron chi connectivity index (χ3n) is 11.5.